The van der Waals surface area contributed by atoms with Crippen molar-refractivity contribution in [3.8, 4) is 0 Å². The van der Waals surface area contributed by atoms with E-state index in [1.165, 1.54) is 11.3 Å². The summed E-state index contributed by atoms with van der Waals surface area (Å²) >= 11 is 1.81. The molecule has 7 heteroatoms. The number of anilines is 1. The van der Waals surface area contributed by atoms with Gasteiger partial charge in [0.2, 0.25) is 0 Å². The molecule has 0 N–H and O–H groups in total. The average Bonchev–Trinajstić information content (AvgIpc) is 3.36. The normalized spacial score (nSPS) is 22.2. The van der Waals surface area contributed by atoms with Crippen molar-refractivity contribution in [1.82, 2.24) is 15.0 Å². The lowest BCUT2D eigenvalue weighted by atomic mass is 10.1. The van der Waals surface area contributed by atoms with Crippen LogP contribution in [-0.4, -0.2) is 47.9 Å². The van der Waals surface area contributed by atoms with Crippen molar-refractivity contribution in [2.45, 2.75) is 45.2 Å². The lowest BCUT2D eigenvalue weighted by Gasteiger charge is -2.26. The molecule has 2 aromatic heterocycles. The van der Waals surface area contributed by atoms with Crippen molar-refractivity contribution in [3.05, 3.63) is 28.6 Å². The minimum absolute atomic E-state index is 0.366. The number of rotatable bonds is 5. The molecule has 0 radical (unpaired) electrons. The van der Waals surface area contributed by atoms with Gasteiger partial charge in [-0.05, 0) is 19.4 Å². The maximum Gasteiger partial charge on any atom is 0.185 e. The van der Waals surface area contributed by atoms with Gasteiger partial charge in [0, 0.05) is 42.7 Å². The van der Waals surface area contributed by atoms with Gasteiger partial charge in [-0.1, -0.05) is 19.0 Å². The molecule has 2 saturated heterocycles. The van der Waals surface area contributed by atoms with Crippen molar-refractivity contribution < 1.29 is 9.26 Å². The van der Waals surface area contributed by atoms with Crippen LogP contribution in [0.25, 0.3) is 0 Å². The average molecular weight is 362 g/mol. The van der Waals surface area contributed by atoms with Gasteiger partial charge in [-0.15, -0.1) is 11.3 Å². The van der Waals surface area contributed by atoms with E-state index >= 15 is 0 Å². The number of thiazole rings is 1. The molecule has 4 heterocycles. The highest BCUT2D eigenvalue weighted by Gasteiger charge is 2.29. The molecule has 2 fully saturated rings. The Hall–Kier alpha value is -1.44. The van der Waals surface area contributed by atoms with Crippen molar-refractivity contribution in [1.29, 1.82) is 0 Å². The van der Waals surface area contributed by atoms with Gasteiger partial charge >= 0.3 is 0 Å². The van der Waals surface area contributed by atoms with E-state index in [-0.39, 0.29) is 0 Å². The Kier molecular flexibility index (Phi) is 5.05. The zero-order valence-electron chi connectivity index (χ0n) is 15.0. The second-order valence-electron chi connectivity index (χ2n) is 7.15. The molecule has 0 unspecified atom stereocenters. The molecular formula is C18H26N4O2S. The van der Waals surface area contributed by atoms with Crippen molar-refractivity contribution >= 4 is 16.5 Å². The predicted octanol–water partition coefficient (Wildman–Crippen LogP) is 3.43. The fraction of sp³-hybridized carbons (Fsp3) is 0.667. The Balaban J connectivity index is 1.43. The first-order valence-electron chi connectivity index (χ1n) is 9.18. The molecule has 1 atom stereocenters. The Bertz CT molecular complexity index is 693. The Morgan fingerprint density at radius 2 is 2.12 bits per heavy atom. The molecule has 2 aliphatic rings. The number of morpholine rings is 1. The van der Waals surface area contributed by atoms with Crippen LogP contribution in [-0.2, 0) is 11.3 Å². The van der Waals surface area contributed by atoms with Gasteiger partial charge in [-0.2, -0.15) is 0 Å². The Morgan fingerprint density at radius 3 is 2.88 bits per heavy atom. The number of hydrogen-bond acceptors (Lipinski definition) is 7. The summed E-state index contributed by atoms with van der Waals surface area (Å²) < 4.78 is 10.9. The van der Waals surface area contributed by atoms with Crippen molar-refractivity contribution in [3.63, 3.8) is 0 Å². The molecule has 2 aliphatic heterocycles. The molecule has 0 spiro atoms. The van der Waals surface area contributed by atoms with Crippen molar-refractivity contribution in [2.24, 2.45) is 0 Å². The standard InChI is InChI=1S/C18H26N4O2S/c1-13(2)17-10-15(20-24-17)16-4-3-5-22(16)12-14-11-19-18(25-14)21-6-8-23-9-7-21/h10-11,13,16H,3-9,12H2,1-2H3/t16-/m1/s1. The van der Waals surface area contributed by atoms with Crippen LogP contribution in [0, 0.1) is 0 Å². The minimum atomic E-state index is 0.366. The second kappa shape index (κ2) is 7.43. The number of aromatic nitrogens is 2. The zero-order chi connectivity index (χ0) is 17.2. The summed E-state index contributed by atoms with van der Waals surface area (Å²) in [6.07, 6.45) is 4.40. The van der Waals surface area contributed by atoms with Gasteiger partial charge in [0.15, 0.2) is 5.13 Å². The largest absolute Gasteiger partial charge is 0.378 e. The van der Waals surface area contributed by atoms with E-state index in [9.17, 15) is 0 Å². The van der Waals surface area contributed by atoms with E-state index in [0.29, 0.717) is 12.0 Å². The van der Waals surface area contributed by atoms with Crippen LogP contribution in [0.1, 0.15) is 55.0 Å². The number of hydrogen-bond donors (Lipinski definition) is 0. The molecule has 25 heavy (non-hydrogen) atoms. The molecule has 0 saturated carbocycles. The fourth-order valence-corrected chi connectivity index (χ4v) is 4.54. The third kappa shape index (κ3) is 3.73. The SMILES string of the molecule is CC(C)c1cc([C@H]2CCCN2Cc2cnc(N3CCOCC3)s2)no1. The highest BCUT2D eigenvalue weighted by Crippen LogP contribution is 2.35. The third-order valence-corrected chi connectivity index (χ3v) is 6.05. The first kappa shape index (κ1) is 17.0. The van der Waals surface area contributed by atoms with E-state index in [2.05, 4.69) is 39.9 Å². The van der Waals surface area contributed by atoms with E-state index in [1.807, 2.05) is 17.5 Å². The van der Waals surface area contributed by atoms with Gasteiger partial charge in [0.1, 0.15) is 11.5 Å². The Labute approximate surface area is 152 Å². The molecule has 0 aromatic carbocycles. The number of ether oxygens (including phenoxy) is 1. The predicted molar refractivity (Wildman–Crippen MR) is 98.1 cm³/mol. The van der Waals surface area contributed by atoms with Crippen LogP contribution in [0.3, 0.4) is 0 Å². The minimum Gasteiger partial charge on any atom is -0.378 e. The lowest BCUT2D eigenvalue weighted by Crippen LogP contribution is -2.36. The highest BCUT2D eigenvalue weighted by molar-refractivity contribution is 7.15. The first-order chi connectivity index (χ1) is 12.2. The van der Waals surface area contributed by atoms with E-state index in [1.54, 1.807) is 0 Å². The van der Waals surface area contributed by atoms with Gasteiger partial charge in [0.05, 0.1) is 19.3 Å². The number of likely N-dealkylation sites (tertiary alicyclic amines) is 1. The van der Waals surface area contributed by atoms with Gasteiger partial charge in [-0.3, -0.25) is 4.90 Å². The molecular weight excluding hydrogens is 336 g/mol. The first-order valence-corrected chi connectivity index (χ1v) is 10.0. The van der Waals surface area contributed by atoms with Crippen LogP contribution >= 0.6 is 11.3 Å². The maximum atomic E-state index is 5.52. The lowest BCUT2D eigenvalue weighted by molar-refractivity contribution is 0.122. The molecule has 0 aliphatic carbocycles. The highest BCUT2D eigenvalue weighted by atomic mass is 32.1. The van der Waals surface area contributed by atoms with Gasteiger partial charge in [0.25, 0.3) is 0 Å². The number of nitrogens with zero attached hydrogens (tertiary/aromatic N) is 4. The molecule has 0 bridgehead atoms. The summed E-state index contributed by atoms with van der Waals surface area (Å²) in [4.78, 5) is 10.8. The summed E-state index contributed by atoms with van der Waals surface area (Å²) in [5.41, 5.74) is 1.08. The van der Waals surface area contributed by atoms with Crippen LogP contribution in [0.15, 0.2) is 16.8 Å². The Morgan fingerprint density at radius 1 is 1.28 bits per heavy atom. The zero-order valence-corrected chi connectivity index (χ0v) is 15.8. The molecule has 0 amide bonds. The summed E-state index contributed by atoms with van der Waals surface area (Å²) in [7, 11) is 0. The van der Waals surface area contributed by atoms with Crippen molar-refractivity contribution in [2.75, 3.05) is 37.7 Å². The topological polar surface area (TPSA) is 54.6 Å². The van der Waals surface area contributed by atoms with Gasteiger partial charge in [-0.25, -0.2) is 4.98 Å². The molecule has 6 nitrogen and oxygen atoms in total. The molecule has 4 rings (SSSR count). The maximum absolute atomic E-state index is 5.52. The summed E-state index contributed by atoms with van der Waals surface area (Å²) in [5.74, 6) is 1.36. The van der Waals surface area contributed by atoms with E-state index < -0.39 is 0 Å². The van der Waals surface area contributed by atoms with Gasteiger partial charge < -0.3 is 14.2 Å². The van der Waals surface area contributed by atoms with E-state index in [0.717, 1.165) is 62.4 Å². The quantitative estimate of drug-likeness (QED) is 0.812. The molecule has 2 aromatic rings. The summed E-state index contributed by atoms with van der Waals surface area (Å²) in [6.45, 7) is 9.81. The van der Waals surface area contributed by atoms with E-state index in [4.69, 9.17) is 9.26 Å². The summed E-state index contributed by atoms with van der Waals surface area (Å²) in [5, 5.41) is 5.46. The molecule has 136 valence electrons. The monoisotopic (exact) mass is 362 g/mol. The third-order valence-electron chi connectivity index (χ3n) is 5.00. The summed E-state index contributed by atoms with van der Waals surface area (Å²) in [6, 6.07) is 2.50. The smallest absolute Gasteiger partial charge is 0.185 e. The second-order valence-corrected chi connectivity index (χ2v) is 8.24. The van der Waals surface area contributed by atoms with Crippen LogP contribution < -0.4 is 4.90 Å². The van der Waals surface area contributed by atoms with Crippen LogP contribution in [0.5, 0.6) is 0 Å². The van der Waals surface area contributed by atoms with Crippen LogP contribution in [0.2, 0.25) is 0 Å². The fourth-order valence-electron chi connectivity index (χ4n) is 3.55. The van der Waals surface area contributed by atoms with Crippen LogP contribution in [0.4, 0.5) is 5.13 Å².